The van der Waals surface area contributed by atoms with Gasteiger partial charge >= 0.3 is 0 Å². The summed E-state index contributed by atoms with van der Waals surface area (Å²) >= 11 is 0. The third-order valence-corrected chi connectivity index (χ3v) is 5.77. The second-order valence-corrected chi connectivity index (χ2v) is 8.88. The molecule has 1 aliphatic rings. The molecule has 1 N–H and O–H groups in total. The van der Waals surface area contributed by atoms with E-state index in [1.165, 1.54) is 11.3 Å². The maximum absolute atomic E-state index is 12.8. The Morgan fingerprint density at radius 1 is 1.17 bits per heavy atom. The Hall–Kier alpha value is -3.08. The predicted molar refractivity (Wildman–Crippen MR) is 117 cm³/mol. The zero-order valence-corrected chi connectivity index (χ0v) is 17.9. The molecule has 1 unspecified atom stereocenters. The summed E-state index contributed by atoms with van der Waals surface area (Å²) in [7, 11) is 1.64. The highest BCUT2D eigenvalue weighted by atomic mass is 16.5. The number of methoxy groups -OCH3 is 1. The smallest absolute Gasteiger partial charge is 0.224 e. The molecular formula is C25H29N3O2. The van der Waals surface area contributed by atoms with Crippen LogP contribution in [0.4, 0.5) is 0 Å². The molecular weight excluding hydrogens is 374 g/mol. The minimum absolute atomic E-state index is 0.0210. The van der Waals surface area contributed by atoms with Crippen molar-refractivity contribution in [2.24, 2.45) is 5.41 Å². The summed E-state index contributed by atoms with van der Waals surface area (Å²) in [6.07, 6.45) is 4.13. The first-order valence-electron chi connectivity index (χ1n) is 10.4. The van der Waals surface area contributed by atoms with Crippen LogP contribution in [0.1, 0.15) is 48.7 Å². The van der Waals surface area contributed by atoms with Crippen LogP contribution in [0.3, 0.4) is 0 Å². The lowest BCUT2D eigenvalue weighted by Crippen LogP contribution is -2.37. The van der Waals surface area contributed by atoms with E-state index in [1.807, 2.05) is 36.5 Å². The number of benzene rings is 2. The second kappa shape index (κ2) is 8.34. The van der Waals surface area contributed by atoms with E-state index in [2.05, 4.69) is 53.2 Å². The molecule has 0 spiro atoms. The molecule has 0 saturated heterocycles. The van der Waals surface area contributed by atoms with Crippen LogP contribution in [0.15, 0.2) is 60.8 Å². The number of nitrogens with zero attached hydrogens (tertiary/aromatic N) is 2. The third-order valence-electron chi connectivity index (χ3n) is 5.77. The van der Waals surface area contributed by atoms with E-state index in [4.69, 9.17) is 4.74 Å². The van der Waals surface area contributed by atoms with Crippen molar-refractivity contribution in [1.29, 1.82) is 0 Å². The highest BCUT2D eigenvalue weighted by molar-refractivity contribution is 5.79. The fraction of sp³-hybridized carbons (Fsp3) is 0.360. The molecule has 4 rings (SSSR count). The zero-order chi connectivity index (χ0) is 21.1. The highest BCUT2D eigenvalue weighted by Gasteiger charge is 2.35. The van der Waals surface area contributed by atoms with Gasteiger partial charge in [-0.3, -0.25) is 9.48 Å². The third kappa shape index (κ3) is 4.56. The number of nitrogens with one attached hydrogen (secondary N) is 1. The van der Waals surface area contributed by atoms with Gasteiger partial charge in [-0.2, -0.15) is 5.10 Å². The van der Waals surface area contributed by atoms with Gasteiger partial charge in [-0.05, 0) is 41.5 Å². The summed E-state index contributed by atoms with van der Waals surface area (Å²) in [6, 6.07) is 18.0. The van der Waals surface area contributed by atoms with Gasteiger partial charge in [-0.1, -0.05) is 56.3 Å². The van der Waals surface area contributed by atoms with Gasteiger partial charge in [-0.15, -0.1) is 0 Å². The van der Waals surface area contributed by atoms with Gasteiger partial charge < -0.3 is 10.1 Å². The molecule has 0 saturated carbocycles. The lowest BCUT2D eigenvalue weighted by Gasteiger charge is -2.36. The van der Waals surface area contributed by atoms with E-state index in [1.54, 1.807) is 7.11 Å². The minimum atomic E-state index is -0.0219. The number of carbonyl (C=O) groups excluding carboxylic acids is 1. The van der Waals surface area contributed by atoms with Crippen LogP contribution in [0.2, 0.25) is 0 Å². The average Bonchev–Trinajstić information content (AvgIpc) is 3.10. The van der Waals surface area contributed by atoms with Gasteiger partial charge in [0.1, 0.15) is 5.75 Å². The van der Waals surface area contributed by atoms with E-state index < -0.39 is 0 Å². The summed E-state index contributed by atoms with van der Waals surface area (Å²) in [5.41, 5.74) is 4.63. The average molecular weight is 404 g/mol. The molecule has 0 bridgehead atoms. The molecule has 1 amide bonds. The normalized spacial score (nSPS) is 17.2. The fourth-order valence-corrected chi connectivity index (χ4v) is 4.33. The van der Waals surface area contributed by atoms with Crippen molar-refractivity contribution in [3.05, 3.63) is 83.2 Å². The summed E-state index contributed by atoms with van der Waals surface area (Å²) in [5.74, 6) is 0.788. The molecule has 0 fully saturated rings. The molecule has 0 radical (unpaired) electrons. The van der Waals surface area contributed by atoms with Crippen LogP contribution in [0.25, 0.3) is 0 Å². The Labute approximate surface area is 178 Å². The predicted octanol–water partition coefficient (Wildman–Crippen LogP) is 4.31. The molecule has 5 heteroatoms. The van der Waals surface area contributed by atoms with Crippen LogP contribution >= 0.6 is 0 Å². The summed E-state index contributed by atoms with van der Waals surface area (Å²) in [4.78, 5) is 12.8. The Kier molecular flexibility index (Phi) is 5.62. The van der Waals surface area contributed by atoms with Crippen molar-refractivity contribution in [3.63, 3.8) is 0 Å². The quantitative estimate of drug-likeness (QED) is 0.667. The Balaban J connectivity index is 1.52. The molecule has 2 aromatic carbocycles. The lowest BCUT2D eigenvalue weighted by atomic mass is 9.74. The molecule has 1 aliphatic carbocycles. The van der Waals surface area contributed by atoms with Gasteiger partial charge in [0.2, 0.25) is 5.91 Å². The lowest BCUT2D eigenvalue weighted by molar-refractivity contribution is -0.121. The monoisotopic (exact) mass is 403 g/mol. The number of fused-ring (bicyclic) bond motifs is 1. The first-order chi connectivity index (χ1) is 14.4. The molecule has 1 atom stereocenters. The molecule has 30 heavy (non-hydrogen) atoms. The summed E-state index contributed by atoms with van der Waals surface area (Å²) < 4.78 is 7.36. The molecule has 5 nitrogen and oxygen atoms in total. The van der Waals surface area contributed by atoms with Crippen LogP contribution in [-0.4, -0.2) is 22.8 Å². The van der Waals surface area contributed by atoms with Crippen molar-refractivity contribution in [1.82, 2.24) is 15.1 Å². The number of hydrogen-bond donors (Lipinski definition) is 1. The van der Waals surface area contributed by atoms with Gasteiger partial charge in [0, 0.05) is 11.3 Å². The number of carbonyl (C=O) groups is 1. The molecule has 0 aliphatic heterocycles. The van der Waals surface area contributed by atoms with Gasteiger partial charge in [0.25, 0.3) is 0 Å². The highest BCUT2D eigenvalue weighted by Crippen LogP contribution is 2.40. The van der Waals surface area contributed by atoms with E-state index in [0.717, 1.165) is 36.3 Å². The number of aromatic nitrogens is 2. The fourth-order valence-electron chi connectivity index (χ4n) is 4.33. The summed E-state index contributed by atoms with van der Waals surface area (Å²) in [6.45, 7) is 5.27. The van der Waals surface area contributed by atoms with E-state index in [0.29, 0.717) is 6.42 Å². The first-order valence-corrected chi connectivity index (χ1v) is 10.4. The number of amides is 1. The molecule has 3 aromatic rings. The van der Waals surface area contributed by atoms with Crippen LogP contribution in [0.5, 0.6) is 5.75 Å². The van der Waals surface area contributed by atoms with Crippen LogP contribution < -0.4 is 10.1 Å². The van der Waals surface area contributed by atoms with Crippen molar-refractivity contribution >= 4 is 5.91 Å². The Morgan fingerprint density at radius 2 is 1.93 bits per heavy atom. The standard InChI is InChI=1S/C25H29N3O2/c1-25(2)14-22(27-24(29)13-19-10-7-11-20(12-19)30-3)21-16-26-28(23(21)15-25)17-18-8-5-4-6-9-18/h4-12,16,22H,13-15,17H2,1-3H3,(H,27,29). The topological polar surface area (TPSA) is 56.1 Å². The Morgan fingerprint density at radius 3 is 2.70 bits per heavy atom. The van der Waals surface area contributed by atoms with Crippen LogP contribution in [0, 0.1) is 5.41 Å². The van der Waals surface area contributed by atoms with Crippen molar-refractivity contribution in [2.75, 3.05) is 7.11 Å². The maximum Gasteiger partial charge on any atom is 0.224 e. The van der Waals surface area contributed by atoms with Gasteiger partial charge in [0.05, 0.1) is 32.3 Å². The zero-order valence-electron chi connectivity index (χ0n) is 17.9. The number of hydrogen-bond acceptors (Lipinski definition) is 3. The van der Waals surface area contributed by atoms with E-state index >= 15 is 0 Å². The van der Waals surface area contributed by atoms with Crippen molar-refractivity contribution in [2.45, 2.75) is 45.7 Å². The molecule has 1 heterocycles. The van der Waals surface area contributed by atoms with E-state index in [9.17, 15) is 4.79 Å². The second-order valence-electron chi connectivity index (χ2n) is 8.88. The van der Waals surface area contributed by atoms with Crippen molar-refractivity contribution < 1.29 is 9.53 Å². The van der Waals surface area contributed by atoms with Crippen LogP contribution in [-0.2, 0) is 24.2 Å². The summed E-state index contributed by atoms with van der Waals surface area (Å²) in [5, 5.41) is 7.93. The first kappa shape index (κ1) is 20.2. The van der Waals surface area contributed by atoms with Gasteiger partial charge in [-0.25, -0.2) is 0 Å². The minimum Gasteiger partial charge on any atom is -0.497 e. The number of rotatable bonds is 6. The SMILES string of the molecule is COc1cccc(CC(=O)NC2CC(C)(C)Cc3c2cnn3Cc2ccccc2)c1. The number of ether oxygens (including phenoxy) is 1. The molecule has 156 valence electrons. The Bertz CT molecular complexity index is 1020. The maximum atomic E-state index is 12.8. The largest absolute Gasteiger partial charge is 0.497 e. The van der Waals surface area contributed by atoms with E-state index in [-0.39, 0.29) is 17.4 Å². The van der Waals surface area contributed by atoms with Crippen molar-refractivity contribution in [3.8, 4) is 5.75 Å². The van der Waals surface area contributed by atoms with Gasteiger partial charge in [0.15, 0.2) is 0 Å². The molecule has 1 aromatic heterocycles.